The molecule has 0 aliphatic carbocycles. The van der Waals surface area contributed by atoms with Gasteiger partial charge in [-0.3, -0.25) is 4.72 Å². The Morgan fingerprint density at radius 3 is 2.20 bits per heavy atom. The summed E-state index contributed by atoms with van der Waals surface area (Å²) in [5, 5.41) is -1.23. The maximum absolute atomic E-state index is 12.6. The molecule has 0 heterocycles. The standard InChI is InChI=1S/C9H11F3N2O4S2/c1-19(15,16)5-20(17,18)14-6-2-3-8(13)7(4-6)9(10,11)12/h2-4,14H,5,13H2,1H3. The van der Waals surface area contributed by atoms with Crippen molar-refractivity contribution in [1.82, 2.24) is 0 Å². The van der Waals surface area contributed by atoms with Crippen LogP contribution in [-0.4, -0.2) is 28.2 Å². The van der Waals surface area contributed by atoms with Gasteiger partial charge in [-0.1, -0.05) is 0 Å². The number of nitrogens with one attached hydrogen (secondary N) is 1. The first-order chi connectivity index (χ1) is 8.80. The van der Waals surface area contributed by atoms with E-state index in [0.717, 1.165) is 12.1 Å². The third-order valence-electron chi connectivity index (χ3n) is 2.00. The number of benzene rings is 1. The first-order valence-corrected chi connectivity index (χ1v) is 8.66. The average Bonchev–Trinajstić information content (AvgIpc) is 2.14. The lowest BCUT2D eigenvalue weighted by Gasteiger charge is -2.13. The van der Waals surface area contributed by atoms with Crippen molar-refractivity contribution in [2.75, 3.05) is 21.8 Å². The molecule has 0 spiro atoms. The Morgan fingerprint density at radius 1 is 1.20 bits per heavy atom. The number of sulfone groups is 1. The van der Waals surface area contributed by atoms with Gasteiger partial charge in [0, 0.05) is 17.6 Å². The third-order valence-corrected chi connectivity index (χ3v) is 5.50. The summed E-state index contributed by atoms with van der Waals surface area (Å²) in [5.74, 6) is 0. The number of nitrogens with two attached hydrogens (primary N) is 1. The molecule has 0 aromatic heterocycles. The van der Waals surface area contributed by atoms with Gasteiger partial charge in [0.05, 0.1) is 5.56 Å². The number of nitrogen functional groups attached to an aromatic ring is 1. The first kappa shape index (κ1) is 16.6. The van der Waals surface area contributed by atoms with Crippen molar-refractivity contribution in [2.45, 2.75) is 6.18 Å². The number of halogens is 3. The molecular formula is C9H11F3N2O4S2. The monoisotopic (exact) mass is 332 g/mol. The van der Waals surface area contributed by atoms with E-state index in [1.165, 1.54) is 0 Å². The normalized spacial score (nSPS) is 13.2. The minimum atomic E-state index is -4.75. The van der Waals surface area contributed by atoms with Gasteiger partial charge in [-0.2, -0.15) is 13.2 Å². The van der Waals surface area contributed by atoms with Gasteiger partial charge in [-0.25, -0.2) is 16.8 Å². The van der Waals surface area contributed by atoms with E-state index < -0.39 is 48.1 Å². The maximum atomic E-state index is 12.6. The molecule has 0 radical (unpaired) electrons. The van der Waals surface area contributed by atoms with Crippen molar-refractivity contribution in [1.29, 1.82) is 0 Å². The zero-order chi connectivity index (χ0) is 15.8. The molecule has 0 bridgehead atoms. The van der Waals surface area contributed by atoms with E-state index >= 15 is 0 Å². The van der Waals surface area contributed by atoms with Crippen LogP contribution in [0.2, 0.25) is 0 Å². The topological polar surface area (TPSA) is 106 Å². The highest BCUT2D eigenvalue weighted by Crippen LogP contribution is 2.35. The van der Waals surface area contributed by atoms with Crippen LogP contribution in [0.5, 0.6) is 0 Å². The summed E-state index contributed by atoms with van der Waals surface area (Å²) in [5.41, 5.74) is 2.95. The number of sulfonamides is 1. The first-order valence-electron chi connectivity index (χ1n) is 4.95. The van der Waals surface area contributed by atoms with Gasteiger partial charge in [0.15, 0.2) is 14.9 Å². The van der Waals surface area contributed by atoms with Crippen LogP contribution in [0.4, 0.5) is 24.5 Å². The highest BCUT2D eigenvalue weighted by molar-refractivity contribution is 8.08. The Labute approximate surface area is 113 Å². The minimum Gasteiger partial charge on any atom is -0.398 e. The molecule has 0 saturated heterocycles. The fourth-order valence-corrected chi connectivity index (χ4v) is 4.33. The van der Waals surface area contributed by atoms with E-state index in [1.807, 2.05) is 0 Å². The van der Waals surface area contributed by atoms with Crippen molar-refractivity contribution in [2.24, 2.45) is 0 Å². The summed E-state index contributed by atoms with van der Waals surface area (Å²) in [6, 6.07) is 2.38. The summed E-state index contributed by atoms with van der Waals surface area (Å²) < 4.78 is 84.2. The molecule has 0 saturated carbocycles. The molecule has 1 aromatic rings. The lowest BCUT2D eigenvalue weighted by atomic mass is 10.1. The van der Waals surface area contributed by atoms with Crippen molar-refractivity contribution < 1.29 is 30.0 Å². The second-order valence-electron chi connectivity index (χ2n) is 4.06. The maximum Gasteiger partial charge on any atom is 0.418 e. The summed E-state index contributed by atoms with van der Waals surface area (Å²) in [6.07, 6.45) is -4.06. The van der Waals surface area contributed by atoms with Crippen molar-refractivity contribution >= 4 is 31.2 Å². The van der Waals surface area contributed by atoms with Crippen LogP contribution in [0.3, 0.4) is 0 Å². The van der Waals surface area contributed by atoms with E-state index in [0.29, 0.717) is 12.3 Å². The van der Waals surface area contributed by atoms with Crippen molar-refractivity contribution in [3.8, 4) is 0 Å². The molecule has 11 heteroatoms. The Kier molecular flexibility index (Phi) is 4.25. The highest BCUT2D eigenvalue weighted by Gasteiger charge is 2.33. The average molecular weight is 332 g/mol. The lowest BCUT2D eigenvalue weighted by molar-refractivity contribution is -0.136. The van der Waals surface area contributed by atoms with Crippen molar-refractivity contribution in [3.63, 3.8) is 0 Å². The number of anilines is 2. The van der Waals surface area contributed by atoms with Crippen LogP contribution in [0, 0.1) is 0 Å². The molecule has 114 valence electrons. The second kappa shape index (κ2) is 5.13. The molecule has 0 amide bonds. The van der Waals surface area contributed by atoms with Gasteiger partial charge < -0.3 is 5.73 Å². The molecule has 0 unspecified atom stereocenters. The van der Waals surface area contributed by atoms with E-state index in [4.69, 9.17) is 5.73 Å². The van der Waals surface area contributed by atoms with Gasteiger partial charge in [0.1, 0.15) is 0 Å². The highest BCUT2D eigenvalue weighted by atomic mass is 32.3. The third kappa shape index (κ3) is 4.89. The molecular weight excluding hydrogens is 321 g/mol. The Morgan fingerprint density at radius 2 is 1.75 bits per heavy atom. The quantitative estimate of drug-likeness (QED) is 0.801. The molecule has 0 atom stereocenters. The van der Waals surface area contributed by atoms with Crippen LogP contribution in [-0.2, 0) is 26.0 Å². The minimum absolute atomic E-state index is 0.421. The number of hydrogen-bond acceptors (Lipinski definition) is 5. The second-order valence-corrected chi connectivity index (χ2v) is 8.29. The van der Waals surface area contributed by atoms with Gasteiger partial charge in [0.2, 0.25) is 10.0 Å². The molecule has 1 rings (SSSR count). The van der Waals surface area contributed by atoms with Gasteiger partial charge in [-0.15, -0.1) is 0 Å². The van der Waals surface area contributed by atoms with Crippen LogP contribution in [0.25, 0.3) is 0 Å². The van der Waals surface area contributed by atoms with Gasteiger partial charge >= 0.3 is 6.18 Å². The fourth-order valence-electron chi connectivity index (χ4n) is 1.36. The van der Waals surface area contributed by atoms with Crippen LogP contribution >= 0.6 is 0 Å². The summed E-state index contributed by atoms with van der Waals surface area (Å²) >= 11 is 0. The predicted molar refractivity (Wildman–Crippen MR) is 68.1 cm³/mol. The summed E-state index contributed by atoms with van der Waals surface area (Å²) in [4.78, 5) is 0. The van der Waals surface area contributed by atoms with E-state index in [9.17, 15) is 30.0 Å². The van der Waals surface area contributed by atoms with E-state index in [1.54, 1.807) is 4.72 Å². The number of rotatable bonds is 4. The summed E-state index contributed by atoms with van der Waals surface area (Å²) in [7, 11) is -8.16. The van der Waals surface area contributed by atoms with Gasteiger partial charge in [0.25, 0.3) is 0 Å². The molecule has 20 heavy (non-hydrogen) atoms. The molecule has 3 N–H and O–H groups in total. The Bertz CT molecular complexity index is 711. The molecule has 1 aromatic carbocycles. The zero-order valence-corrected chi connectivity index (χ0v) is 11.7. The number of hydrogen-bond donors (Lipinski definition) is 2. The Hall–Kier alpha value is -1.49. The SMILES string of the molecule is CS(=O)(=O)CS(=O)(=O)Nc1ccc(N)c(C(F)(F)F)c1. The molecule has 0 aliphatic heterocycles. The van der Waals surface area contributed by atoms with E-state index in [2.05, 4.69) is 0 Å². The molecule has 0 aliphatic rings. The number of alkyl halides is 3. The van der Waals surface area contributed by atoms with Crippen molar-refractivity contribution in [3.05, 3.63) is 23.8 Å². The predicted octanol–water partition coefficient (Wildman–Crippen LogP) is 1.03. The fraction of sp³-hybridized carbons (Fsp3) is 0.333. The lowest BCUT2D eigenvalue weighted by Crippen LogP contribution is -2.22. The largest absolute Gasteiger partial charge is 0.418 e. The zero-order valence-electron chi connectivity index (χ0n) is 10.1. The molecule has 6 nitrogen and oxygen atoms in total. The summed E-state index contributed by atoms with van der Waals surface area (Å²) in [6.45, 7) is 0. The Balaban J connectivity index is 3.12. The van der Waals surface area contributed by atoms with Crippen LogP contribution < -0.4 is 10.5 Å². The van der Waals surface area contributed by atoms with E-state index in [-0.39, 0.29) is 0 Å². The van der Waals surface area contributed by atoms with Crippen LogP contribution in [0.15, 0.2) is 18.2 Å². The van der Waals surface area contributed by atoms with Gasteiger partial charge in [-0.05, 0) is 18.2 Å². The van der Waals surface area contributed by atoms with Crippen LogP contribution in [0.1, 0.15) is 5.56 Å². The smallest absolute Gasteiger partial charge is 0.398 e. The molecule has 0 fully saturated rings.